The molecule has 102 valence electrons. The molecular formula is C14H11F2N3O. The molecule has 1 heterocycles. The zero-order valence-electron chi connectivity index (χ0n) is 10.4. The molecule has 0 spiro atoms. The van der Waals surface area contributed by atoms with Crippen molar-refractivity contribution in [2.24, 2.45) is 0 Å². The summed E-state index contributed by atoms with van der Waals surface area (Å²) < 4.78 is 26.5. The summed E-state index contributed by atoms with van der Waals surface area (Å²) in [6, 6.07) is 3.30. The number of fused-ring (bicyclic) bond motifs is 1. The minimum Gasteiger partial charge on any atom is -0.368 e. The van der Waals surface area contributed by atoms with Gasteiger partial charge in [-0.25, -0.2) is 18.7 Å². The fourth-order valence-electron chi connectivity index (χ4n) is 2.51. The molecule has 0 saturated carbocycles. The van der Waals surface area contributed by atoms with Crippen molar-refractivity contribution in [2.75, 3.05) is 5.73 Å². The van der Waals surface area contributed by atoms with Crippen molar-refractivity contribution in [1.82, 2.24) is 9.97 Å². The highest BCUT2D eigenvalue weighted by atomic mass is 19.1. The molecule has 1 atom stereocenters. The first-order valence-corrected chi connectivity index (χ1v) is 6.13. The average Bonchev–Trinajstić information content (AvgIpc) is 2.36. The largest absolute Gasteiger partial charge is 0.368 e. The fourth-order valence-corrected chi connectivity index (χ4v) is 2.51. The van der Waals surface area contributed by atoms with E-state index in [4.69, 9.17) is 5.73 Å². The molecule has 2 N–H and O–H groups in total. The van der Waals surface area contributed by atoms with Crippen LogP contribution in [0.5, 0.6) is 0 Å². The monoisotopic (exact) mass is 275 g/mol. The maximum atomic E-state index is 13.3. The Morgan fingerprint density at radius 1 is 1.15 bits per heavy atom. The number of hydrogen-bond donors (Lipinski definition) is 1. The zero-order chi connectivity index (χ0) is 14.3. The predicted octanol–water partition coefficient (Wildman–Crippen LogP) is 2.25. The van der Waals surface area contributed by atoms with E-state index in [-0.39, 0.29) is 24.1 Å². The van der Waals surface area contributed by atoms with Crippen LogP contribution in [-0.2, 0) is 6.42 Å². The SMILES string of the molecule is Nc1ncc2c(n1)C[C@@H](c1cc(F)cc(F)c1)CC2=O. The number of nitrogens with two attached hydrogens (primary N) is 1. The maximum Gasteiger partial charge on any atom is 0.220 e. The molecule has 3 rings (SSSR count). The molecule has 4 nitrogen and oxygen atoms in total. The molecule has 0 amide bonds. The highest BCUT2D eigenvalue weighted by Gasteiger charge is 2.28. The Bertz CT molecular complexity index is 683. The third-order valence-electron chi connectivity index (χ3n) is 3.41. The van der Waals surface area contributed by atoms with Gasteiger partial charge in [0, 0.05) is 18.7 Å². The Kier molecular flexibility index (Phi) is 2.93. The number of rotatable bonds is 1. The van der Waals surface area contributed by atoms with Crippen molar-refractivity contribution in [3.05, 3.63) is 52.9 Å². The van der Waals surface area contributed by atoms with Crippen molar-refractivity contribution >= 4 is 11.7 Å². The van der Waals surface area contributed by atoms with Crippen LogP contribution >= 0.6 is 0 Å². The van der Waals surface area contributed by atoms with Crippen molar-refractivity contribution in [3.8, 4) is 0 Å². The summed E-state index contributed by atoms with van der Waals surface area (Å²) in [6.45, 7) is 0. The van der Waals surface area contributed by atoms with Gasteiger partial charge in [0.1, 0.15) is 11.6 Å². The molecule has 1 aromatic carbocycles. The number of Topliss-reactive ketones (excluding diaryl/α,β-unsaturated/α-hetero) is 1. The van der Waals surface area contributed by atoms with E-state index in [9.17, 15) is 13.6 Å². The second-order valence-electron chi connectivity index (χ2n) is 4.82. The first-order valence-electron chi connectivity index (χ1n) is 6.13. The van der Waals surface area contributed by atoms with E-state index in [0.717, 1.165) is 6.07 Å². The van der Waals surface area contributed by atoms with Gasteiger partial charge in [0.15, 0.2) is 5.78 Å². The van der Waals surface area contributed by atoms with Crippen LogP contribution in [0.2, 0.25) is 0 Å². The van der Waals surface area contributed by atoms with Crippen LogP contribution in [0.1, 0.15) is 34.0 Å². The lowest BCUT2D eigenvalue weighted by Gasteiger charge is -2.23. The lowest BCUT2D eigenvalue weighted by Crippen LogP contribution is -2.21. The lowest BCUT2D eigenvalue weighted by atomic mass is 9.82. The van der Waals surface area contributed by atoms with E-state index in [0.29, 0.717) is 23.2 Å². The van der Waals surface area contributed by atoms with Gasteiger partial charge >= 0.3 is 0 Å². The van der Waals surface area contributed by atoms with E-state index in [1.807, 2.05) is 0 Å². The van der Waals surface area contributed by atoms with Crippen LogP contribution in [0.3, 0.4) is 0 Å². The van der Waals surface area contributed by atoms with Gasteiger partial charge in [0.25, 0.3) is 0 Å². The smallest absolute Gasteiger partial charge is 0.220 e. The maximum absolute atomic E-state index is 13.3. The van der Waals surface area contributed by atoms with E-state index in [1.54, 1.807) is 0 Å². The second kappa shape index (κ2) is 4.63. The summed E-state index contributed by atoms with van der Waals surface area (Å²) in [7, 11) is 0. The quantitative estimate of drug-likeness (QED) is 0.866. The van der Waals surface area contributed by atoms with E-state index < -0.39 is 11.6 Å². The minimum absolute atomic E-state index is 0.0858. The highest BCUT2D eigenvalue weighted by molar-refractivity contribution is 5.98. The number of benzene rings is 1. The van der Waals surface area contributed by atoms with Crippen LogP contribution < -0.4 is 5.73 Å². The van der Waals surface area contributed by atoms with Crippen LogP contribution in [0, 0.1) is 11.6 Å². The third-order valence-corrected chi connectivity index (χ3v) is 3.41. The number of aromatic nitrogens is 2. The molecule has 0 bridgehead atoms. The molecule has 1 aliphatic carbocycles. The molecule has 20 heavy (non-hydrogen) atoms. The van der Waals surface area contributed by atoms with Crippen LogP contribution in [0.4, 0.5) is 14.7 Å². The lowest BCUT2D eigenvalue weighted by molar-refractivity contribution is 0.0962. The van der Waals surface area contributed by atoms with Gasteiger partial charge in [-0.15, -0.1) is 0 Å². The van der Waals surface area contributed by atoms with Crippen LogP contribution in [-0.4, -0.2) is 15.8 Å². The van der Waals surface area contributed by atoms with Gasteiger partial charge in [0.05, 0.1) is 11.3 Å². The summed E-state index contributed by atoms with van der Waals surface area (Å²) in [4.78, 5) is 19.9. The van der Waals surface area contributed by atoms with Crippen molar-refractivity contribution in [1.29, 1.82) is 0 Å². The van der Waals surface area contributed by atoms with Crippen molar-refractivity contribution in [2.45, 2.75) is 18.8 Å². The first kappa shape index (κ1) is 12.7. The molecule has 1 aliphatic rings. The van der Waals surface area contributed by atoms with Gasteiger partial charge < -0.3 is 5.73 Å². The first-order chi connectivity index (χ1) is 9.52. The molecular weight excluding hydrogens is 264 g/mol. The summed E-state index contributed by atoms with van der Waals surface area (Å²) in [5, 5.41) is 0. The Morgan fingerprint density at radius 2 is 1.85 bits per heavy atom. The van der Waals surface area contributed by atoms with Crippen LogP contribution in [0.15, 0.2) is 24.4 Å². The molecule has 0 saturated heterocycles. The molecule has 2 aromatic rings. The van der Waals surface area contributed by atoms with E-state index in [1.165, 1.54) is 18.3 Å². The zero-order valence-corrected chi connectivity index (χ0v) is 10.4. The number of hydrogen-bond acceptors (Lipinski definition) is 4. The summed E-state index contributed by atoms with van der Waals surface area (Å²) in [5.41, 5.74) is 6.93. The number of carbonyl (C=O) groups is 1. The number of ketones is 1. The Morgan fingerprint density at radius 3 is 2.55 bits per heavy atom. The number of halogens is 2. The highest BCUT2D eigenvalue weighted by Crippen LogP contribution is 2.32. The van der Waals surface area contributed by atoms with E-state index >= 15 is 0 Å². The Balaban J connectivity index is 2.00. The Labute approximate surface area is 113 Å². The molecule has 0 fully saturated rings. The molecule has 0 aliphatic heterocycles. The van der Waals surface area contributed by atoms with Gasteiger partial charge in [-0.2, -0.15) is 0 Å². The van der Waals surface area contributed by atoms with Gasteiger partial charge in [-0.3, -0.25) is 4.79 Å². The van der Waals surface area contributed by atoms with Gasteiger partial charge in [-0.05, 0) is 30.0 Å². The number of carbonyl (C=O) groups excluding carboxylic acids is 1. The van der Waals surface area contributed by atoms with Gasteiger partial charge in [0.2, 0.25) is 5.95 Å². The van der Waals surface area contributed by atoms with E-state index in [2.05, 4.69) is 9.97 Å². The molecule has 0 radical (unpaired) electrons. The predicted molar refractivity (Wildman–Crippen MR) is 68.2 cm³/mol. The molecule has 6 heteroatoms. The normalized spacial score (nSPS) is 17.9. The summed E-state index contributed by atoms with van der Waals surface area (Å²) in [6.07, 6.45) is 2.00. The van der Waals surface area contributed by atoms with Crippen LogP contribution in [0.25, 0.3) is 0 Å². The standard InChI is InChI=1S/C14H11F2N3O/c15-9-1-7(2-10(16)5-9)8-3-12-11(13(20)4-8)6-18-14(17)19-12/h1-2,5-6,8H,3-4H2,(H2,17,18,19)/t8-/m1/s1. The molecule has 1 aromatic heterocycles. The topological polar surface area (TPSA) is 68.9 Å². The number of nitrogens with zero attached hydrogens (tertiary/aromatic N) is 2. The second-order valence-corrected chi connectivity index (χ2v) is 4.82. The third kappa shape index (κ3) is 2.24. The minimum atomic E-state index is -0.652. The van der Waals surface area contributed by atoms with Crippen molar-refractivity contribution in [3.63, 3.8) is 0 Å². The molecule has 0 unspecified atom stereocenters. The fraction of sp³-hybridized carbons (Fsp3) is 0.214. The summed E-state index contributed by atoms with van der Waals surface area (Å²) >= 11 is 0. The number of anilines is 1. The average molecular weight is 275 g/mol. The summed E-state index contributed by atoms with van der Waals surface area (Å²) in [5.74, 6) is -1.65. The van der Waals surface area contributed by atoms with Gasteiger partial charge in [-0.1, -0.05) is 0 Å². The number of nitrogen functional groups attached to an aromatic ring is 1. The van der Waals surface area contributed by atoms with Crippen molar-refractivity contribution < 1.29 is 13.6 Å². The Hall–Kier alpha value is -2.37.